The molecule has 0 bridgehead atoms. The van der Waals surface area contributed by atoms with E-state index in [0.717, 1.165) is 5.56 Å². The van der Waals surface area contributed by atoms with Crippen LogP contribution in [0.3, 0.4) is 0 Å². The van der Waals surface area contributed by atoms with Crippen molar-refractivity contribution in [2.24, 2.45) is 5.92 Å². The first-order chi connectivity index (χ1) is 10.8. The summed E-state index contributed by atoms with van der Waals surface area (Å²) in [4.78, 5) is 24.6. The Bertz CT molecular complexity index is 689. The molecular weight excluding hydrogens is 300 g/mol. The van der Waals surface area contributed by atoms with Crippen LogP contribution in [0.4, 0.5) is 0 Å². The summed E-state index contributed by atoms with van der Waals surface area (Å²) in [5.74, 6) is -0.879. The fourth-order valence-corrected chi connectivity index (χ4v) is 2.19. The van der Waals surface area contributed by atoms with Crippen LogP contribution in [0.5, 0.6) is 0 Å². The van der Waals surface area contributed by atoms with Crippen LogP contribution < -0.4 is 0 Å². The molecule has 0 atom stereocenters. The van der Waals surface area contributed by atoms with Gasteiger partial charge in [-0.15, -0.1) is 0 Å². The molecule has 2 aromatic rings. The molecule has 2 heterocycles. The van der Waals surface area contributed by atoms with Crippen LogP contribution in [0.1, 0.15) is 35.7 Å². The highest BCUT2D eigenvalue weighted by Crippen LogP contribution is 2.10. The predicted octanol–water partition coefficient (Wildman–Crippen LogP) is 1.41. The summed E-state index contributed by atoms with van der Waals surface area (Å²) in [5.41, 5.74) is 1.12. The zero-order valence-corrected chi connectivity index (χ0v) is 13.4. The average molecular weight is 320 g/mol. The molecule has 0 aliphatic carbocycles. The van der Waals surface area contributed by atoms with Gasteiger partial charge in [0.15, 0.2) is 11.5 Å². The van der Waals surface area contributed by atoms with Crippen molar-refractivity contribution in [3.63, 3.8) is 0 Å². The van der Waals surface area contributed by atoms with Crippen molar-refractivity contribution in [1.82, 2.24) is 19.8 Å². The Hall–Kier alpha value is -2.64. The molecule has 1 amide bonds. The quantitative estimate of drug-likeness (QED) is 0.827. The number of aliphatic carboxylic acids is 1. The molecule has 0 spiro atoms. The number of hydrogen-bond acceptors (Lipinski definition) is 5. The third-order valence-electron chi connectivity index (χ3n) is 3.06. The Morgan fingerprint density at radius 1 is 1.43 bits per heavy atom. The SMILES string of the molecule is Cc1cnn(Cc2cc(C(=O)N(CC(=O)O)CC(C)C)no2)c1. The van der Waals surface area contributed by atoms with Gasteiger partial charge in [-0.25, -0.2) is 0 Å². The van der Waals surface area contributed by atoms with Gasteiger partial charge in [-0.2, -0.15) is 5.10 Å². The predicted molar refractivity (Wildman–Crippen MR) is 80.9 cm³/mol. The maximum Gasteiger partial charge on any atom is 0.323 e. The van der Waals surface area contributed by atoms with E-state index < -0.39 is 11.9 Å². The van der Waals surface area contributed by atoms with E-state index in [2.05, 4.69) is 10.3 Å². The number of carboxylic acids is 1. The highest BCUT2D eigenvalue weighted by atomic mass is 16.5. The van der Waals surface area contributed by atoms with Crippen molar-refractivity contribution < 1.29 is 19.2 Å². The normalized spacial score (nSPS) is 11.0. The van der Waals surface area contributed by atoms with Gasteiger partial charge in [0.25, 0.3) is 5.91 Å². The summed E-state index contributed by atoms with van der Waals surface area (Å²) in [7, 11) is 0. The zero-order valence-electron chi connectivity index (χ0n) is 13.4. The summed E-state index contributed by atoms with van der Waals surface area (Å²) in [5, 5.41) is 16.8. The van der Waals surface area contributed by atoms with E-state index in [0.29, 0.717) is 18.8 Å². The summed E-state index contributed by atoms with van der Waals surface area (Å²) in [6.07, 6.45) is 3.57. The van der Waals surface area contributed by atoms with Gasteiger partial charge < -0.3 is 14.5 Å². The van der Waals surface area contributed by atoms with Crippen LogP contribution in [0, 0.1) is 12.8 Å². The number of aromatic nitrogens is 3. The summed E-state index contributed by atoms with van der Waals surface area (Å²) < 4.78 is 6.83. The molecule has 0 aromatic carbocycles. The highest BCUT2D eigenvalue weighted by molar-refractivity contribution is 5.94. The standard InChI is InChI=1S/C15H20N4O4/c1-10(2)6-18(9-14(20)21)15(22)13-4-12(23-17-13)8-19-7-11(3)5-16-19/h4-5,7,10H,6,8-9H2,1-3H3,(H,20,21). The average Bonchev–Trinajstić information content (AvgIpc) is 3.06. The van der Waals surface area contributed by atoms with Crippen molar-refractivity contribution >= 4 is 11.9 Å². The maximum absolute atomic E-state index is 12.4. The van der Waals surface area contributed by atoms with Crippen LogP contribution in [0.15, 0.2) is 23.0 Å². The van der Waals surface area contributed by atoms with Crippen LogP contribution in [-0.4, -0.2) is 49.9 Å². The van der Waals surface area contributed by atoms with Gasteiger partial charge in [0.2, 0.25) is 0 Å². The van der Waals surface area contributed by atoms with E-state index >= 15 is 0 Å². The Kier molecular flexibility index (Phi) is 5.15. The summed E-state index contributed by atoms with van der Waals surface area (Å²) >= 11 is 0. The molecular formula is C15H20N4O4. The monoisotopic (exact) mass is 320 g/mol. The number of amides is 1. The van der Waals surface area contributed by atoms with Crippen molar-refractivity contribution in [1.29, 1.82) is 0 Å². The number of hydrogen-bond donors (Lipinski definition) is 1. The molecule has 0 unspecified atom stereocenters. The number of carbonyl (C=O) groups is 2. The van der Waals surface area contributed by atoms with Gasteiger partial charge >= 0.3 is 5.97 Å². The lowest BCUT2D eigenvalue weighted by molar-refractivity contribution is -0.137. The molecule has 1 N–H and O–H groups in total. The topological polar surface area (TPSA) is 101 Å². The van der Waals surface area contributed by atoms with Gasteiger partial charge in [0, 0.05) is 18.8 Å². The second-order valence-electron chi connectivity index (χ2n) is 5.87. The van der Waals surface area contributed by atoms with Gasteiger partial charge in [0.1, 0.15) is 13.1 Å². The number of aryl methyl sites for hydroxylation is 1. The maximum atomic E-state index is 12.4. The summed E-state index contributed by atoms with van der Waals surface area (Å²) in [6, 6.07) is 1.52. The molecule has 0 aliphatic heterocycles. The fraction of sp³-hybridized carbons (Fsp3) is 0.467. The lowest BCUT2D eigenvalue weighted by Gasteiger charge is -2.21. The van der Waals surface area contributed by atoms with Crippen molar-refractivity contribution in [2.75, 3.05) is 13.1 Å². The van der Waals surface area contributed by atoms with Gasteiger partial charge in [0.05, 0.1) is 6.20 Å². The molecule has 8 heteroatoms. The molecule has 0 radical (unpaired) electrons. The van der Waals surface area contributed by atoms with Crippen LogP contribution in [0.2, 0.25) is 0 Å². The third-order valence-corrected chi connectivity index (χ3v) is 3.06. The number of nitrogens with zero attached hydrogens (tertiary/aromatic N) is 4. The first kappa shape index (κ1) is 16.7. The Morgan fingerprint density at radius 2 is 2.17 bits per heavy atom. The minimum absolute atomic E-state index is 0.103. The number of carboxylic acid groups (broad SMARTS) is 1. The number of carbonyl (C=O) groups excluding carboxylic acids is 1. The third kappa shape index (κ3) is 4.67. The van der Waals surface area contributed by atoms with E-state index in [1.807, 2.05) is 27.0 Å². The van der Waals surface area contributed by atoms with Crippen molar-refractivity contribution in [3.05, 3.63) is 35.5 Å². The van der Waals surface area contributed by atoms with Crippen molar-refractivity contribution in [2.45, 2.75) is 27.3 Å². The van der Waals surface area contributed by atoms with E-state index in [1.54, 1.807) is 10.9 Å². The highest BCUT2D eigenvalue weighted by Gasteiger charge is 2.23. The van der Waals surface area contributed by atoms with Crippen LogP contribution >= 0.6 is 0 Å². The van der Waals surface area contributed by atoms with Gasteiger partial charge in [-0.1, -0.05) is 19.0 Å². The molecule has 0 fully saturated rings. The lowest BCUT2D eigenvalue weighted by atomic mass is 10.2. The van der Waals surface area contributed by atoms with Gasteiger partial charge in [-0.3, -0.25) is 14.3 Å². The second kappa shape index (κ2) is 7.08. The zero-order chi connectivity index (χ0) is 17.0. The van der Waals surface area contributed by atoms with E-state index in [-0.39, 0.29) is 18.2 Å². The molecule has 2 rings (SSSR count). The van der Waals surface area contributed by atoms with E-state index in [9.17, 15) is 9.59 Å². The first-order valence-electron chi connectivity index (χ1n) is 7.31. The minimum atomic E-state index is -1.06. The summed E-state index contributed by atoms with van der Waals surface area (Å²) in [6.45, 7) is 6.09. The van der Waals surface area contributed by atoms with Crippen molar-refractivity contribution in [3.8, 4) is 0 Å². The molecule has 0 saturated carbocycles. The smallest absolute Gasteiger partial charge is 0.323 e. The molecule has 124 valence electrons. The molecule has 23 heavy (non-hydrogen) atoms. The Labute approximate surface area is 133 Å². The molecule has 2 aromatic heterocycles. The van der Waals surface area contributed by atoms with Gasteiger partial charge in [-0.05, 0) is 18.4 Å². The molecule has 8 nitrogen and oxygen atoms in total. The lowest BCUT2D eigenvalue weighted by Crippen LogP contribution is -2.38. The van der Waals surface area contributed by atoms with Crippen LogP contribution in [-0.2, 0) is 11.3 Å². The van der Waals surface area contributed by atoms with Crippen LogP contribution in [0.25, 0.3) is 0 Å². The first-order valence-corrected chi connectivity index (χ1v) is 7.31. The Balaban J connectivity index is 2.10. The Morgan fingerprint density at radius 3 is 2.74 bits per heavy atom. The number of rotatable bonds is 7. The molecule has 0 saturated heterocycles. The minimum Gasteiger partial charge on any atom is -0.480 e. The van der Waals surface area contributed by atoms with E-state index in [4.69, 9.17) is 9.63 Å². The largest absolute Gasteiger partial charge is 0.480 e. The second-order valence-corrected chi connectivity index (χ2v) is 5.87. The van der Waals surface area contributed by atoms with E-state index in [1.165, 1.54) is 11.0 Å². The fourth-order valence-electron chi connectivity index (χ4n) is 2.19. The molecule has 0 aliphatic rings.